The highest BCUT2D eigenvalue weighted by Gasteiger charge is 2.34. The number of nitrogens with one attached hydrogen (secondary N) is 1. The van der Waals surface area contributed by atoms with Gasteiger partial charge >= 0.3 is 6.18 Å². The predicted octanol–water partition coefficient (Wildman–Crippen LogP) is 4.29. The monoisotopic (exact) mass is 458 g/mol. The first kappa shape index (κ1) is 22.7. The maximum atomic E-state index is 13.4. The number of anilines is 1. The molecule has 0 spiro atoms. The zero-order valence-corrected chi connectivity index (χ0v) is 17.7. The third-order valence-electron chi connectivity index (χ3n) is 4.70. The van der Waals surface area contributed by atoms with Crippen LogP contribution in [0.4, 0.5) is 18.9 Å². The number of aromatic nitrogens is 1. The van der Waals surface area contributed by atoms with Gasteiger partial charge in [-0.1, -0.05) is 17.7 Å². The summed E-state index contributed by atoms with van der Waals surface area (Å²) in [6.07, 6.45) is -1.17. The van der Waals surface area contributed by atoms with Gasteiger partial charge in [0.2, 0.25) is 0 Å². The fourth-order valence-electron chi connectivity index (χ4n) is 3.11. The Balaban J connectivity index is 1.75. The van der Waals surface area contributed by atoms with Gasteiger partial charge in [0.05, 0.1) is 24.5 Å². The number of hydrogen-bond acceptors (Lipinski definition) is 4. The molecule has 1 saturated heterocycles. The third kappa shape index (κ3) is 6.53. The van der Waals surface area contributed by atoms with Gasteiger partial charge in [-0.25, -0.2) is 0 Å². The second-order valence-electron chi connectivity index (χ2n) is 6.85. The zero-order valence-electron chi connectivity index (χ0n) is 16.2. The Morgan fingerprint density at radius 1 is 1.27 bits per heavy atom. The molecular formula is C20H22ClF3N4OS. The highest BCUT2D eigenvalue weighted by Crippen LogP contribution is 2.36. The number of pyridine rings is 1. The summed E-state index contributed by atoms with van der Waals surface area (Å²) < 4.78 is 45.7. The summed E-state index contributed by atoms with van der Waals surface area (Å²) in [6, 6.07) is 7.31. The predicted molar refractivity (Wildman–Crippen MR) is 115 cm³/mol. The van der Waals surface area contributed by atoms with Crippen LogP contribution in [0.3, 0.4) is 0 Å². The molecule has 0 unspecified atom stereocenters. The van der Waals surface area contributed by atoms with Gasteiger partial charge < -0.3 is 15.0 Å². The molecule has 5 nitrogen and oxygen atoms in total. The lowest BCUT2D eigenvalue weighted by atomic mass is 10.1. The standard InChI is InChI=1S/C20H22ClF3N4OS/c21-16-3-4-18(17(12-16)20(22,23)24)26-19(30)28(14-15-2-1-5-25-13-15)7-6-27-8-10-29-11-9-27/h1-5,12-13H,6-11,14H2,(H,26,30). The molecule has 10 heteroatoms. The Morgan fingerprint density at radius 2 is 2.03 bits per heavy atom. The van der Waals surface area contributed by atoms with Gasteiger partial charge in [-0.15, -0.1) is 0 Å². The molecule has 1 fully saturated rings. The number of benzene rings is 1. The summed E-state index contributed by atoms with van der Waals surface area (Å²) in [5, 5.41) is 2.99. The van der Waals surface area contributed by atoms with Gasteiger partial charge in [-0.2, -0.15) is 13.2 Å². The number of ether oxygens (including phenoxy) is 1. The number of hydrogen-bond donors (Lipinski definition) is 1. The van der Waals surface area contributed by atoms with E-state index in [1.54, 1.807) is 12.4 Å². The van der Waals surface area contributed by atoms with Crippen LogP contribution in [0.15, 0.2) is 42.7 Å². The van der Waals surface area contributed by atoms with Crippen LogP contribution in [0.2, 0.25) is 5.02 Å². The number of nitrogens with zero attached hydrogens (tertiary/aromatic N) is 3. The molecule has 1 aromatic carbocycles. The molecule has 1 aromatic heterocycles. The topological polar surface area (TPSA) is 40.6 Å². The van der Waals surface area contributed by atoms with Crippen molar-refractivity contribution in [1.29, 1.82) is 0 Å². The van der Waals surface area contributed by atoms with Gasteiger partial charge in [-0.05, 0) is 42.0 Å². The summed E-state index contributed by atoms with van der Waals surface area (Å²) in [7, 11) is 0. The van der Waals surface area contributed by atoms with Crippen LogP contribution >= 0.6 is 23.8 Å². The molecule has 3 rings (SSSR count). The molecule has 0 aliphatic carbocycles. The smallest absolute Gasteiger partial charge is 0.379 e. The van der Waals surface area contributed by atoms with Gasteiger partial charge in [0.15, 0.2) is 5.11 Å². The average Bonchev–Trinajstić information content (AvgIpc) is 2.73. The number of alkyl halides is 3. The molecule has 1 aliphatic rings. The molecule has 2 aromatic rings. The van der Waals surface area contributed by atoms with Crippen LogP contribution in [0, 0.1) is 0 Å². The zero-order chi connectivity index (χ0) is 21.6. The van der Waals surface area contributed by atoms with Crippen molar-refractivity contribution in [2.24, 2.45) is 0 Å². The van der Waals surface area contributed by atoms with Crippen LogP contribution in [-0.4, -0.2) is 59.3 Å². The summed E-state index contributed by atoms with van der Waals surface area (Å²) in [5.41, 5.74) is -0.0675. The molecule has 30 heavy (non-hydrogen) atoms. The van der Waals surface area contributed by atoms with Crippen molar-refractivity contribution in [2.45, 2.75) is 12.7 Å². The largest absolute Gasteiger partial charge is 0.418 e. The number of halogens is 4. The average molecular weight is 459 g/mol. The van der Waals surface area contributed by atoms with E-state index >= 15 is 0 Å². The van der Waals surface area contributed by atoms with Crippen molar-refractivity contribution in [3.8, 4) is 0 Å². The Morgan fingerprint density at radius 3 is 2.70 bits per heavy atom. The minimum Gasteiger partial charge on any atom is -0.379 e. The fourth-order valence-corrected chi connectivity index (χ4v) is 3.54. The van der Waals surface area contributed by atoms with Crippen molar-refractivity contribution in [2.75, 3.05) is 44.7 Å². The van der Waals surface area contributed by atoms with Crippen molar-refractivity contribution in [1.82, 2.24) is 14.8 Å². The minimum atomic E-state index is -4.55. The van der Waals surface area contributed by atoms with Crippen LogP contribution < -0.4 is 5.32 Å². The van der Waals surface area contributed by atoms with Crippen molar-refractivity contribution in [3.05, 3.63) is 58.9 Å². The molecular weight excluding hydrogens is 437 g/mol. The minimum absolute atomic E-state index is 0.0123. The highest BCUT2D eigenvalue weighted by atomic mass is 35.5. The Hall–Kier alpha value is -1.94. The van der Waals surface area contributed by atoms with E-state index in [-0.39, 0.29) is 15.8 Å². The molecule has 162 valence electrons. The molecule has 0 amide bonds. The highest BCUT2D eigenvalue weighted by molar-refractivity contribution is 7.80. The second-order valence-corrected chi connectivity index (χ2v) is 7.68. The van der Waals surface area contributed by atoms with E-state index < -0.39 is 11.7 Å². The molecule has 0 radical (unpaired) electrons. The van der Waals surface area contributed by atoms with Crippen LogP contribution in [0.1, 0.15) is 11.1 Å². The number of rotatable bonds is 6. The maximum Gasteiger partial charge on any atom is 0.418 e. The number of morpholine rings is 1. The molecule has 0 saturated carbocycles. The normalized spacial score (nSPS) is 15.1. The quantitative estimate of drug-likeness (QED) is 0.651. The first-order chi connectivity index (χ1) is 14.3. The third-order valence-corrected chi connectivity index (χ3v) is 5.30. The van der Waals surface area contributed by atoms with E-state index in [9.17, 15) is 13.2 Å². The van der Waals surface area contributed by atoms with E-state index in [2.05, 4.69) is 15.2 Å². The van der Waals surface area contributed by atoms with Gasteiger partial charge in [0, 0.05) is 50.1 Å². The number of thiocarbonyl (C=S) groups is 1. The van der Waals surface area contributed by atoms with Crippen LogP contribution in [0.25, 0.3) is 0 Å². The van der Waals surface area contributed by atoms with E-state index in [1.807, 2.05) is 17.0 Å². The molecule has 1 N–H and O–H groups in total. The lowest BCUT2D eigenvalue weighted by Crippen LogP contribution is -2.44. The van der Waals surface area contributed by atoms with Crippen molar-refractivity contribution in [3.63, 3.8) is 0 Å². The van der Waals surface area contributed by atoms with E-state index in [1.165, 1.54) is 12.1 Å². The molecule has 0 bridgehead atoms. The Kier molecular flexibility index (Phi) is 7.87. The summed E-state index contributed by atoms with van der Waals surface area (Å²) >= 11 is 11.3. The maximum absolute atomic E-state index is 13.4. The lowest BCUT2D eigenvalue weighted by molar-refractivity contribution is -0.136. The van der Waals surface area contributed by atoms with Gasteiger partial charge in [0.1, 0.15) is 0 Å². The lowest BCUT2D eigenvalue weighted by Gasteiger charge is -2.31. The van der Waals surface area contributed by atoms with Crippen molar-refractivity contribution >= 4 is 34.6 Å². The van der Waals surface area contributed by atoms with E-state index in [0.29, 0.717) is 26.3 Å². The molecule has 0 atom stereocenters. The second kappa shape index (κ2) is 10.4. The molecule has 1 aliphatic heterocycles. The Labute approximate surface area is 183 Å². The van der Waals surface area contributed by atoms with Crippen molar-refractivity contribution < 1.29 is 17.9 Å². The molecule has 2 heterocycles. The van der Waals surface area contributed by atoms with Crippen LogP contribution in [0.5, 0.6) is 0 Å². The summed E-state index contributed by atoms with van der Waals surface area (Å²) in [4.78, 5) is 8.19. The van der Waals surface area contributed by atoms with Crippen LogP contribution in [-0.2, 0) is 17.5 Å². The Bertz CT molecular complexity index is 848. The van der Waals surface area contributed by atoms with Gasteiger partial charge in [-0.3, -0.25) is 9.88 Å². The van der Waals surface area contributed by atoms with E-state index in [0.717, 1.165) is 31.3 Å². The first-order valence-electron chi connectivity index (χ1n) is 9.44. The summed E-state index contributed by atoms with van der Waals surface area (Å²) in [5.74, 6) is 0. The van der Waals surface area contributed by atoms with Gasteiger partial charge in [0.25, 0.3) is 0 Å². The first-order valence-corrected chi connectivity index (χ1v) is 10.2. The SMILES string of the molecule is FC(F)(F)c1cc(Cl)ccc1NC(=S)N(CCN1CCOCC1)Cc1cccnc1. The van der Waals surface area contributed by atoms with E-state index in [4.69, 9.17) is 28.6 Å². The fraction of sp³-hybridized carbons (Fsp3) is 0.400. The summed E-state index contributed by atoms with van der Waals surface area (Å²) in [6.45, 7) is 4.68.